The van der Waals surface area contributed by atoms with Crippen molar-refractivity contribution in [1.82, 2.24) is 15.5 Å². The Kier molecular flexibility index (Phi) is 4.73. The Balaban J connectivity index is 1.66. The largest absolute Gasteiger partial charge is 0.481 e. The highest BCUT2D eigenvalue weighted by atomic mass is 32.1. The maximum Gasteiger partial charge on any atom is 0.305 e. The van der Waals surface area contributed by atoms with E-state index in [2.05, 4.69) is 15.5 Å². The average molecular weight is 335 g/mol. The van der Waals surface area contributed by atoms with Gasteiger partial charge in [-0.1, -0.05) is 0 Å². The summed E-state index contributed by atoms with van der Waals surface area (Å²) < 4.78 is 5.42. The maximum atomic E-state index is 12.5. The van der Waals surface area contributed by atoms with Crippen LogP contribution in [0.15, 0.2) is 23.0 Å². The molecule has 0 spiro atoms. The number of amides is 1. The third-order valence-electron chi connectivity index (χ3n) is 3.80. The standard InChI is InChI=1S/C15H17N3O4S/c19-13(20)6-11-5-10(1-3-22-11)17-15(21)12-7-16-18-14(12)9-2-4-23-8-9/h2,4,7-8,10-11H,1,3,5-6H2,(H,16,18)(H,17,21)(H,19,20). The molecule has 0 aliphatic carbocycles. The van der Waals surface area contributed by atoms with Gasteiger partial charge in [-0.05, 0) is 24.3 Å². The van der Waals surface area contributed by atoms with Crippen molar-refractivity contribution in [2.45, 2.75) is 31.4 Å². The molecule has 3 N–H and O–H groups in total. The topological polar surface area (TPSA) is 104 Å². The summed E-state index contributed by atoms with van der Waals surface area (Å²) in [7, 11) is 0. The first-order valence-corrected chi connectivity index (χ1v) is 8.28. The Morgan fingerprint density at radius 1 is 1.52 bits per heavy atom. The molecule has 0 bridgehead atoms. The van der Waals surface area contributed by atoms with Crippen LogP contribution >= 0.6 is 11.3 Å². The van der Waals surface area contributed by atoms with E-state index in [1.54, 1.807) is 11.3 Å². The van der Waals surface area contributed by atoms with Crippen LogP contribution in [-0.4, -0.2) is 45.9 Å². The molecule has 0 aromatic carbocycles. The summed E-state index contributed by atoms with van der Waals surface area (Å²) >= 11 is 1.55. The van der Waals surface area contributed by atoms with E-state index in [1.807, 2.05) is 16.8 Å². The molecule has 7 nitrogen and oxygen atoms in total. The first-order valence-electron chi connectivity index (χ1n) is 7.33. The molecule has 2 aromatic rings. The van der Waals surface area contributed by atoms with Gasteiger partial charge in [-0.2, -0.15) is 16.4 Å². The van der Waals surface area contributed by atoms with E-state index in [0.717, 1.165) is 5.56 Å². The molecular formula is C15H17N3O4S. The van der Waals surface area contributed by atoms with Crippen LogP contribution in [0.25, 0.3) is 11.3 Å². The van der Waals surface area contributed by atoms with Crippen LogP contribution in [0.2, 0.25) is 0 Å². The van der Waals surface area contributed by atoms with Crippen molar-refractivity contribution in [3.8, 4) is 11.3 Å². The fraction of sp³-hybridized carbons (Fsp3) is 0.400. The Morgan fingerprint density at radius 3 is 3.13 bits per heavy atom. The fourth-order valence-electron chi connectivity index (χ4n) is 2.70. The van der Waals surface area contributed by atoms with Gasteiger partial charge < -0.3 is 15.2 Å². The van der Waals surface area contributed by atoms with Gasteiger partial charge in [0, 0.05) is 23.6 Å². The molecule has 1 saturated heterocycles. The number of carbonyl (C=O) groups excluding carboxylic acids is 1. The number of aromatic nitrogens is 2. The van der Waals surface area contributed by atoms with E-state index < -0.39 is 5.97 Å². The minimum atomic E-state index is -0.892. The number of hydrogen-bond donors (Lipinski definition) is 3. The summed E-state index contributed by atoms with van der Waals surface area (Å²) in [5.41, 5.74) is 2.11. The molecule has 2 atom stereocenters. The minimum Gasteiger partial charge on any atom is -0.481 e. The van der Waals surface area contributed by atoms with Crippen molar-refractivity contribution in [1.29, 1.82) is 0 Å². The van der Waals surface area contributed by atoms with Crippen LogP contribution in [0.1, 0.15) is 29.6 Å². The fourth-order valence-corrected chi connectivity index (χ4v) is 3.34. The monoisotopic (exact) mass is 335 g/mol. The van der Waals surface area contributed by atoms with E-state index in [9.17, 15) is 9.59 Å². The normalized spacial score (nSPS) is 21.0. The van der Waals surface area contributed by atoms with Crippen molar-refractivity contribution in [2.24, 2.45) is 0 Å². The van der Waals surface area contributed by atoms with E-state index in [4.69, 9.17) is 9.84 Å². The van der Waals surface area contributed by atoms with Gasteiger partial charge in [-0.3, -0.25) is 14.7 Å². The summed E-state index contributed by atoms with van der Waals surface area (Å²) in [5, 5.41) is 22.5. The lowest BCUT2D eigenvalue weighted by Gasteiger charge is -2.29. The molecule has 122 valence electrons. The second kappa shape index (κ2) is 6.93. The van der Waals surface area contributed by atoms with Crippen LogP contribution in [0.4, 0.5) is 0 Å². The van der Waals surface area contributed by atoms with Crippen LogP contribution in [0.5, 0.6) is 0 Å². The molecule has 1 aliphatic rings. The number of carboxylic acids is 1. The third-order valence-corrected chi connectivity index (χ3v) is 4.48. The zero-order chi connectivity index (χ0) is 16.2. The Hall–Kier alpha value is -2.19. The highest BCUT2D eigenvalue weighted by Crippen LogP contribution is 2.24. The molecule has 8 heteroatoms. The van der Waals surface area contributed by atoms with Gasteiger partial charge in [0.1, 0.15) is 0 Å². The second-order valence-electron chi connectivity index (χ2n) is 5.46. The van der Waals surface area contributed by atoms with Crippen LogP contribution < -0.4 is 5.32 Å². The summed E-state index contributed by atoms with van der Waals surface area (Å²) in [6, 6.07) is 1.83. The molecule has 1 fully saturated rings. The molecule has 3 rings (SSSR count). The van der Waals surface area contributed by atoms with E-state index in [0.29, 0.717) is 30.7 Å². The number of ether oxygens (including phenoxy) is 1. The summed E-state index contributed by atoms with van der Waals surface area (Å²) in [4.78, 5) is 23.3. The molecule has 2 unspecified atom stereocenters. The van der Waals surface area contributed by atoms with E-state index in [-0.39, 0.29) is 24.5 Å². The number of H-pyrrole nitrogens is 1. The molecule has 1 aliphatic heterocycles. The number of carboxylic acid groups (broad SMARTS) is 1. The third kappa shape index (κ3) is 3.77. The molecule has 3 heterocycles. The highest BCUT2D eigenvalue weighted by Gasteiger charge is 2.27. The van der Waals surface area contributed by atoms with E-state index >= 15 is 0 Å². The smallest absolute Gasteiger partial charge is 0.305 e. The van der Waals surface area contributed by atoms with Crippen molar-refractivity contribution in [3.05, 3.63) is 28.6 Å². The molecule has 0 saturated carbocycles. The van der Waals surface area contributed by atoms with Crippen LogP contribution in [-0.2, 0) is 9.53 Å². The van der Waals surface area contributed by atoms with Crippen molar-refractivity contribution in [2.75, 3.05) is 6.61 Å². The molecule has 2 aromatic heterocycles. The van der Waals surface area contributed by atoms with Gasteiger partial charge in [0.2, 0.25) is 0 Å². The molecule has 1 amide bonds. The Morgan fingerprint density at radius 2 is 2.39 bits per heavy atom. The minimum absolute atomic E-state index is 0.0434. The molecular weight excluding hydrogens is 318 g/mol. The zero-order valence-corrected chi connectivity index (χ0v) is 13.1. The van der Waals surface area contributed by atoms with E-state index in [1.165, 1.54) is 6.20 Å². The number of hydrogen-bond acceptors (Lipinski definition) is 5. The van der Waals surface area contributed by atoms with Gasteiger partial charge >= 0.3 is 5.97 Å². The van der Waals surface area contributed by atoms with Gasteiger partial charge in [-0.15, -0.1) is 0 Å². The Labute approximate surface area is 136 Å². The summed E-state index contributed by atoms with van der Waals surface area (Å²) in [6.45, 7) is 0.450. The van der Waals surface area contributed by atoms with Crippen LogP contribution in [0, 0.1) is 0 Å². The van der Waals surface area contributed by atoms with Gasteiger partial charge in [0.15, 0.2) is 0 Å². The number of rotatable bonds is 5. The zero-order valence-electron chi connectivity index (χ0n) is 12.3. The van der Waals surface area contributed by atoms with Crippen LogP contribution in [0.3, 0.4) is 0 Å². The first-order chi connectivity index (χ1) is 11.1. The second-order valence-corrected chi connectivity index (χ2v) is 6.24. The SMILES string of the molecule is O=C(O)CC1CC(NC(=O)c2cn[nH]c2-c2ccsc2)CCO1. The molecule has 0 radical (unpaired) electrons. The number of thiophene rings is 1. The predicted molar refractivity (Wildman–Crippen MR) is 84.4 cm³/mol. The quantitative estimate of drug-likeness (QED) is 0.774. The average Bonchev–Trinajstić information content (AvgIpc) is 3.18. The number of nitrogens with zero attached hydrogens (tertiary/aromatic N) is 1. The number of aromatic amines is 1. The highest BCUT2D eigenvalue weighted by molar-refractivity contribution is 7.08. The van der Waals surface area contributed by atoms with Crippen molar-refractivity contribution >= 4 is 23.2 Å². The number of aliphatic carboxylic acids is 1. The van der Waals surface area contributed by atoms with Gasteiger partial charge in [0.05, 0.1) is 30.0 Å². The first kappa shape index (κ1) is 15.7. The van der Waals surface area contributed by atoms with Crippen molar-refractivity contribution in [3.63, 3.8) is 0 Å². The summed E-state index contributed by atoms with van der Waals surface area (Å²) in [5.74, 6) is -1.10. The lowest BCUT2D eigenvalue weighted by molar-refractivity contribution is -0.141. The van der Waals surface area contributed by atoms with Gasteiger partial charge in [-0.25, -0.2) is 0 Å². The van der Waals surface area contributed by atoms with Crippen molar-refractivity contribution < 1.29 is 19.4 Å². The number of nitrogens with one attached hydrogen (secondary N) is 2. The molecule has 23 heavy (non-hydrogen) atoms. The lowest BCUT2D eigenvalue weighted by Crippen LogP contribution is -2.42. The lowest BCUT2D eigenvalue weighted by atomic mass is 10.0. The Bertz CT molecular complexity index is 683. The van der Waals surface area contributed by atoms with Gasteiger partial charge in [0.25, 0.3) is 5.91 Å². The summed E-state index contributed by atoms with van der Waals surface area (Å²) in [6.07, 6.45) is 2.29. The number of carbonyl (C=O) groups is 2. The predicted octanol–water partition coefficient (Wildman–Crippen LogP) is 1.89. The maximum absolute atomic E-state index is 12.5.